The molecule has 3 nitrogen and oxygen atoms in total. The Morgan fingerprint density at radius 3 is 3.00 bits per heavy atom. The molecule has 1 unspecified atom stereocenters. The third kappa shape index (κ3) is 2.76. The van der Waals surface area contributed by atoms with Crippen LogP contribution in [-0.4, -0.2) is 40.9 Å². The minimum absolute atomic E-state index is 0.0100. The first-order valence-corrected chi connectivity index (χ1v) is 6.89. The molecule has 0 saturated carbocycles. The Kier molecular flexibility index (Phi) is 4.44. The summed E-state index contributed by atoms with van der Waals surface area (Å²) >= 11 is 1.62. The van der Waals surface area contributed by atoms with Gasteiger partial charge in [0.2, 0.25) is 5.91 Å². The normalized spacial score (nSPS) is 17.3. The van der Waals surface area contributed by atoms with Gasteiger partial charge in [0.05, 0.1) is 11.9 Å². The van der Waals surface area contributed by atoms with Crippen LogP contribution in [0.15, 0.2) is 41.8 Å². The molecule has 0 bridgehead atoms. The second-order valence-corrected chi connectivity index (χ2v) is 5.46. The number of carbonyl (C=O) groups is 1. The zero-order valence-corrected chi connectivity index (χ0v) is 11.0. The van der Waals surface area contributed by atoms with Crippen LogP contribution >= 0.6 is 11.8 Å². The van der Waals surface area contributed by atoms with Crippen molar-refractivity contribution in [3.8, 4) is 0 Å². The van der Waals surface area contributed by atoms with E-state index < -0.39 is 0 Å². The minimum atomic E-state index is -0.0612. The van der Waals surface area contributed by atoms with Gasteiger partial charge in [-0.05, 0) is 18.1 Å². The van der Waals surface area contributed by atoms with Crippen LogP contribution in [0.1, 0.15) is 5.56 Å². The van der Waals surface area contributed by atoms with Gasteiger partial charge in [0.15, 0.2) is 0 Å². The lowest BCUT2D eigenvalue weighted by molar-refractivity contribution is -0.130. The topological polar surface area (TPSA) is 40.5 Å². The first kappa shape index (κ1) is 13.2. The van der Waals surface area contributed by atoms with Crippen molar-refractivity contribution in [1.82, 2.24) is 4.90 Å². The Morgan fingerprint density at radius 2 is 2.33 bits per heavy atom. The molecule has 0 fully saturated rings. The molecule has 0 aromatic heterocycles. The number of aliphatic hydroxyl groups excluding tert-OH is 1. The van der Waals surface area contributed by atoms with E-state index in [0.29, 0.717) is 13.1 Å². The van der Waals surface area contributed by atoms with Crippen molar-refractivity contribution >= 4 is 17.7 Å². The first-order valence-electron chi connectivity index (χ1n) is 6.01. The van der Waals surface area contributed by atoms with E-state index in [1.54, 1.807) is 22.7 Å². The zero-order valence-electron chi connectivity index (χ0n) is 10.2. The largest absolute Gasteiger partial charge is 0.395 e. The molecule has 0 radical (unpaired) electrons. The summed E-state index contributed by atoms with van der Waals surface area (Å²) in [5, 5.41) is 8.93. The molecule has 1 heterocycles. The van der Waals surface area contributed by atoms with Crippen LogP contribution in [0, 0.1) is 0 Å². The van der Waals surface area contributed by atoms with E-state index in [1.165, 1.54) is 10.5 Å². The molecule has 0 aliphatic carbocycles. The molecule has 1 amide bonds. The summed E-state index contributed by atoms with van der Waals surface area (Å²) in [6.45, 7) is 4.51. The molecule has 4 heteroatoms. The second kappa shape index (κ2) is 6.07. The fourth-order valence-electron chi connectivity index (χ4n) is 2.09. The predicted octanol–water partition coefficient (Wildman–Crippen LogP) is 1.71. The van der Waals surface area contributed by atoms with Gasteiger partial charge in [-0.2, -0.15) is 0 Å². The molecule has 1 aromatic rings. The maximum Gasteiger partial charge on any atom is 0.236 e. The molecule has 0 spiro atoms. The standard InChI is InChI=1S/C14H17NO2S/c1-2-7-15(8-9-16)14(17)13-10-11-5-3-4-6-12(11)18-13/h2-6,13,16H,1,7-10H2. The van der Waals surface area contributed by atoms with Gasteiger partial charge < -0.3 is 10.0 Å². The molecule has 96 valence electrons. The fourth-order valence-corrected chi connectivity index (χ4v) is 3.37. The number of carbonyl (C=O) groups excluding carboxylic acids is 1. The molecular formula is C14H17NO2S. The summed E-state index contributed by atoms with van der Waals surface area (Å²) in [7, 11) is 0. The van der Waals surface area contributed by atoms with Crippen LogP contribution in [0.3, 0.4) is 0 Å². The van der Waals surface area contributed by atoms with Gasteiger partial charge in [-0.1, -0.05) is 24.3 Å². The van der Waals surface area contributed by atoms with Crippen LogP contribution < -0.4 is 0 Å². The number of hydrogen-bond acceptors (Lipinski definition) is 3. The maximum absolute atomic E-state index is 12.3. The van der Waals surface area contributed by atoms with E-state index in [1.807, 2.05) is 12.1 Å². The van der Waals surface area contributed by atoms with Gasteiger partial charge >= 0.3 is 0 Å². The van der Waals surface area contributed by atoms with E-state index in [2.05, 4.69) is 18.7 Å². The number of nitrogens with zero attached hydrogens (tertiary/aromatic N) is 1. The summed E-state index contributed by atoms with van der Waals surface area (Å²) in [6.07, 6.45) is 2.47. The number of rotatable bonds is 5. The van der Waals surface area contributed by atoms with Crippen LogP contribution in [0.4, 0.5) is 0 Å². The summed E-state index contributed by atoms with van der Waals surface area (Å²) < 4.78 is 0. The van der Waals surface area contributed by atoms with Crippen molar-refractivity contribution in [2.75, 3.05) is 19.7 Å². The lowest BCUT2D eigenvalue weighted by atomic mass is 10.1. The quantitative estimate of drug-likeness (QED) is 0.822. The van der Waals surface area contributed by atoms with Gasteiger partial charge in [0.1, 0.15) is 0 Å². The highest BCUT2D eigenvalue weighted by molar-refractivity contribution is 8.01. The van der Waals surface area contributed by atoms with Crippen LogP contribution in [-0.2, 0) is 11.2 Å². The van der Waals surface area contributed by atoms with Gasteiger partial charge in [-0.25, -0.2) is 0 Å². The Bertz CT molecular complexity index is 422. The smallest absolute Gasteiger partial charge is 0.236 e. The Balaban J connectivity index is 2.05. The third-order valence-electron chi connectivity index (χ3n) is 2.95. The monoisotopic (exact) mass is 263 g/mol. The van der Waals surface area contributed by atoms with E-state index in [4.69, 9.17) is 5.11 Å². The van der Waals surface area contributed by atoms with Crippen molar-refractivity contribution < 1.29 is 9.90 Å². The first-order chi connectivity index (χ1) is 8.76. The molecule has 0 saturated heterocycles. The number of aliphatic hydroxyl groups is 1. The molecule has 1 aromatic carbocycles. The molecular weight excluding hydrogens is 246 g/mol. The number of amides is 1. The highest BCUT2D eigenvalue weighted by Crippen LogP contribution is 2.37. The van der Waals surface area contributed by atoms with Crippen molar-refractivity contribution in [2.24, 2.45) is 0 Å². The van der Waals surface area contributed by atoms with Crippen molar-refractivity contribution in [2.45, 2.75) is 16.6 Å². The van der Waals surface area contributed by atoms with Gasteiger partial charge in [0, 0.05) is 18.0 Å². The molecule has 1 aliphatic heterocycles. The SMILES string of the molecule is C=CCN(CCO)C(=O)C1Cc2ccccc2S1. The van der Waals surface area contributed by atoms with Crippen LogP contribution in [0.25, 0.3) is 0 Å². The Hall–Kier alpha value is -1.26. The van der Waals surface area contributed by atoms with Gasteiger partial charge in [-0.3, -0.25) is 4.79 Å². The molecule has 1 atom stereocenters. The van der Waals surface area contributed by atoms with Crippen LogP contribution in [0.2, 0.25) is 0 Å². The third-order valence-corrected chi connectivity index (χ3v) is 4.26. The molecule has 1 aliphatic rings. The maximum atomic E-state index is 12.3. The van der Waals surface area contributed by atoms with Crippen molar-refractivity contribution in [3.63, 3.8) is 0 Å². The molecule has 1 N–H and O–H groups in total. The summed E-state index contributed by atoms with van der Waals surface area (Å²) in [5.41, 5.74) is 1.24. The minimum Gasteiger partial charge on any atom is -0.395 e. The highest BCUT2D eigenvalue weighted by atomic mass is 32.2. The summed E-state index contributed by atoms with van der Waals surface area (Å²) in [5.74, 6) is 0.0881. The lowest BCUT2D eigenvalue weighted by Crippen LogP contribution is -2.39. The average Bonchev–Trinajstić information content (AvgIpc) is 2.81. The predicted molar refractivity (Wildman–Crippen MR) is 73.7 cm³/mol. The van der Waals surface area contributed by atoms with Crippen molar-refractivity contribution in [1.29, 1.82) is 0 Å². The lowest BCUT2D eigenvalue weighted by Gasteiger charge is -2.22. The fraction of sp³-hybridized carbons (Fsp3) is 0.357. The van der Waals surface area contributed by atoms with E-state index in [9.17, 15) is 4.79 Å². The molecule has 2 rings (SSSR count). The Labute approximate surface area is 111 Å². The number of hydrogen-bond donors (Lipinski definition) is 1. The second-order valence-electron chi connectivity index (χ2n) is 4.21. The average molecular weight is 263 g/mol. The van der Waals surface area contributed by atoms with Crippen molar-refractivity contribution in [3.05, 3.63) is 42.5 Å². The van der Waals surface area contributed by atoms with E-state index in [-0.39, 0.29) is 17.8 Å². The van der Waals surface area contributed by atoms with E-state index in [0.717, 1.165) is 6.42 Å². The number of fused-ring (bicyclic) bond motifs is 1. The van der Waals surface area contributed by atoms with E-state index >= 15 is 0 Å². The summed E-state index contributed by atoms with van der Waals surface area (Å²) in [4.78, 5) is 15.2. The highest BCUT2D eigenvalue weighted by Gasteiger charge is 2.30. The number of thioether (sulfide) groups is 1. The Morgan fingerprint density at radius 1 is 1.56 bits per heavy atom. The number of benzene rings is 1. The zero-order chi connectivity index (χ0) is 13.0. The van der Waals surface area contributed by atoms with Crippen LogP contribution in [0.5, 0.6) is 0 Å². The van der Waals surface area contributed by atoms with Gasteiger partial charge in [-0.15, -0.1) is 18.3 Å². The summed E-state index contributed by atoms with van der Waals surface area (Å²) in [6, 6.07) is 8.12. The molecule has 18 heavy (non-hydrogen) atoms. The van der Waals surface area contributed by atoms with Gasteiger partial charge in [0.25, 0.3) is 0 Å².